The Balaban J connectivity index is 1.73. The largest absolute Gasteiger partial charge is 0.383 e. The third-order valence-corrected chi connectivity index (χ3v) is 4.30. The molecule has 20 heavy (non-hydrogen) atoms. The van der Waals surface area contributed by atoms with Crippen molar-refractivity contribution in [1.82, 2.24) is 4.90 Å². The molecule has 0 aliphatic carbocycles. The van der Waals surface area contributed by atoms with Gasteiger partial charge in [-0.1, -0.05) is 12.1 Å². The zero-order valence-corrected chi connectivity index (χ0v) is 12.2. The van der Waals surface area contributed by atoms with Crippen LogP contribution >= 0.6 is 0 Å². The summed E-state index contributed by atoms with van der Waals surface area (Å²) in [5.74, 6) is 0.249. The number of aryl methyl sites for hydroxylation is 1. The quantitative estimate of drug-likeness (QED) is 0.916. The van der Waals surface area contributed by atoms with Gasteiger partial charge in [-0.3, -0.25) is 4.79 Å². The number of carbonyl (C=O) groups excluding carboxylic acids is 1. The lowest BCUT2D eigenvalue weighted by atomic mass is 10.0. The third kappa shape index (κ3) is 2.60. The number of nitrogens with one attached hydrogen (secondary N) is 1. The molecule has 0 radical (unpaired) electrons. The van der Waals surface area contributed by atoms with Crippen LogP contribution in [-0.4, -0.2) is 44.0 Å². The zero-order chi connectivity index (χ0) is 13.9. The molecular weight excluding hydrogens is 250 g/mol. The van der Waals surface area contributed by atoms with Crippen molar-refractivity contribution < 1.29 is 4.79 Å². The minimum absolute atomic E-state index is 0.249. The van der Waals surface area contributed by atoms with E-state index in [4.69, 9.17) is 0 Å². The highest BCUT2D eigenvalue weighted by Gasteiger charge is 2.21. The Kier molecular flexibility index (Phi) is 3.81. The molecule has 1 aromatic carbocycles. The number of carbonyl (C=O) groups is 1. The van der Waals surface area contributed by atoms with Crippen LogP contribution in [0.3, 0.4) is 0 Å². The maximum Gasteiger partial charge on any atom is 0.242 e. The highest BCUT2D eigenvalue weighted by molar-refractivity contribution is 5.84. The van der Waals surface area contributed by atoms with Gasteiger partial charge in [-0.15, -0.1) is 0 Å². The first-order chi connectivity index (χ1) is 9.75. The molecule has 1 N–H and O–H groups in total. The summed E-state index contributed by atoms with van der Waals surface area (Å²) in [5, 5.41) is 3.49. The molecule has 1 saturated heterocycles. The maximum absolute atomic E-state index is 12.3. The van der Waals surface area contributed by atoms with Gasteiger partial charge in [0.05, 0.1) is 17.9 Å². The minimum Gasteiger partial charge on any atom is -0.383 e. The van der Waals surface area contributed by atoms with E-state index in [0.29, 0.717) is 6.54 Å². The molecule has 1 fully saturated rings. The van der Waals surface area contributed by atoms with Crippen molar-refractivity contribution in [2.24, 2.45) is 0 Å². The lowest BCUT2D eigenvalue weighted by molar-refractivity contribution is -0.128. The van der Waals surface area contributed by atoms with Crippen molar-refractivity contribution in [1.29, 1.82) is 0 Å². The zero-order valence-electron chi connectivity index (χ0n) is 12.2. The van der Waals surface area contributed by atoms with Gasteiger partial charge in [0.25, 0.3) is 0 Å². The number of nitrogens with zero attached hydrogens (tertiary/aromatic N) is 2. The first-order valence-corrected chi connectivity index (χ1v) is 7.60. The van der Waals surface area contributed by atoms with Gasteiger partial charge < -0.3 is 15.1 Å². The van der Waals surface area contributed by atoms with Gasteiger partial charge in [-0.25, -0.2) is 0 Å². The van der Waals surface area contributed by atoms with E-state index < -0.39 is 0 Å². The molecular formula is C16H23N3O. The number of benzene rings is 1. The average Bonchev–Trinajstić information content (AvgIpc) is 3.01. The summed E-state index contributed by atoms with van der Waals surface area (Å²) < 4.78 is 0. The summed E-state index contributed by atoms with van der Waals surface area (Å²) in [5.41, 5.74) is 3.74. The fraction of sp³-hybridized carbons (Fsp3) is 0.562. The number of fused-ring (bicyclic) bond motifs is 1. The summed E-state index contributed by atoms with van der Waals surface area (Å²) in [6.07, 6.45) is 4.62. The highest BCUT2D eigenvalue weighted by atomic mass is 16.2. The second kappa shape index (κ2) is 5.73. The molecule has 0 aromatic heterocycles. The van der Waals surface area contributed by atoms with Crippen LogP contribution in [0.25, 0.3) is 0 Å². The van der Waals surface area contributed by atoms with Crippen LogP contribution in [0.4, 0.5) is 11.4 Å². The van der Waals surface area contributed by atoms with E-state index in [1.807, 2.05) is 11.9 Å². The van der Waals surface area contributed by atoms with E-state index in [0.717, 1.165) is 44.6 Å². The van der Waals surface area contributed by atoms with E-state index in [1.54, 1.807) is 0 Å². The molecule has 3 rings (SSSR count). The fourth-order valence-electron chi connectivity index (χ4n) is 3.16. The Bertz CT molecular complexity index is 494. The third-order valence-electron chi connectivity index (χ3n) is 4.30. The number of para-hydroxylation sites is 1. The first-order valence-electron chi connectivity index (χ1n) is 7.60. The van der Waals surface area contributed by atoms with E-state index in [9.17, 15) is 4.79 Å². The van der Waals surface area contributed by atoms with Crippen LogP contribution in [0.5, 0.6) is 0 Å². The molecule has 1 amide bonds. The number of likely N-dealkylation sites (tertiary alicyclic amines) is 1. The summed E-state index contributed by atoms with van der Waals surface area (Å²) in [6, 6.07) is 6.38. The van der Waals surface area contributed by atoms with Crippen molar-refractivity contribution in [2.75, 3.05) is 43.4 Å². The number of likely N-dealkylation sites (N-methyl/N-ethyl adjacent to an activating group) is 1. The number of anilines is 2. The van der Waals surface area contributed by atoms with Gasteiger partial charge in [0.2, 0.25) is 5.91 Å². The fourth-order valence-corrected chi connectivity index (χ4v) is 3.16. The number of rotatable bonds is 3. The molecule has 0 spiro atoms. The SMILES string of the molecule is CN(CC(=O)N1CCCC1)c1cccc2c1NCCC2. The van der Waals surface area contributed by atoms with Crippen molar-refractivity contribution in [3.63, 3.8) is 0 Å². The molecule has 108 valence electrons. The molecule has 2 aliphatic heterocycles. The Labute approximate surface area is 120 Å². The number of hydrogen-bond acceptors (Lipinski definition) is 3. The van der Waals surface area contributed by atoms with Gasteiger partial charge >= 0.3 is 0 Å². The minimum atomic E-state index is 0.249. The molecule has 4 heteroatoms. The second-order valence-corrected chi connectivity index (χ2v) is 5.79. The molecule has 0 atom stereocenters. The number of hydrogen-bond donors (Lipinski definition) is 1. The molecule has 4 nitrogen and oxygen atoms in total. The summed E-state index contributed by atoms with van der Waals surface area (Å²) in [7, 11) is 2.01. The standard InChI is InChI=1S/C16H23N3O/c1-18(12-15(20)19-10-2-3-11-19)14-8-4-6-13-7-5-9-17-16(13)14/h4,6,8,17H,2-3,5,7,9-12H2,1H3. The van der Waals surface area contributed by atoms with Gasteiger partial charge in [-0.05, 0) is 37.3 Å². The second-order valence-electron chi connectivity index (χ2n) is 5.79. The summed E-state index contributed by atoms with van der Waals surface area (Å²) in [6.45, 7) is 3.35. The Morgan fingerprint density at radius 3 is 2.90 bits per heavy atom. The monoisotopic (exact) mass is 273 g/mol. The maximum atomic E-state index is 12.3. The van der Waals surface area contributed by atoms with Crippen LogP contribution in [0.2, 0.25) is 0 Å². The molecule has 0 unspecified atom stereocenters. The topological polar surface area (TPSA) is 35.6 Å². The van der Waals surface area contributed by atoms with Gasteiger partial charge in [0.1, 0.15) is 0 Å². The Hall–Kier alpha value is -1.71. The smallest absolute Gasteiger partial charge is 0.242 e. The predicted molar refractivity (Wildman–Crippen MR) is 82.3 cm³/mol. The Morgan fingerprint density at radius 2 is 2.10 bits per heavy atom. The summed E-state index contributed by atoms with van der Waals surface area (Å²) in [4.78, 5) is 16.3. The predicted octanol–water partition coefficient (Wildman–Crippen LogP) is 2.10. The summed E-state index contributed by atoms with van der Waals surface area (Å²) >= 11 is 0. The highest BCUT2D eigenvalue weighted by Crippen LogP contribution is 2.32. The van der Waals surface area contributed by atoms with Crippen LogP contribution < -0.4 is 10.2 Å². The van der Waals surface area contributed by atoms with Crippen LogP contribution in [0.1, 0.15) is 24.8 Å². The van der Waals surface area contributed by atoms with Gasteiger partial charge in [-0.2, -0.15) is 0 Å². The average molecular weight is 273 g/mol. The van der Waals surface area contributed by atoms with E-state index in [1.165, 1.54) is 17.7 Å². The molecule has 2 heterocycles. The molecule has 0 bridgehead atoms. The van der Waals surface area contributed by atoms with Crippen molar-refractivity contribution in [2.45, 2.75) is 25.7 Å². The van der Waals surface area contributed by atoms with E-state index >= 15 is 0 Å². The van der Waals surface area contributed by atoms with Crippen molar-refractivity contribution in [3.05, 3.63) is 23.8 Å². The first kappa shape index (κ1) is 13.3. The van der Waals surface area contributed by atoms with E-state index in [2.05, 4.69) is 28.4 Å². The molecule has 2 aliphatic rings. The van der Waals surface area contributed by atoms with Crippen LogP contribution in [0, 0.1) is 0 Å². The molecule has 1 aromatic rings. The lowest BCUT2D eigenvalue weighted by Crippen LogP contribution is -2.37. The lowest BCUT2D eigenvalue weighted by Gasteiger charge is -2.28. The van der Waals surface area contributed by atoms with Crippen molar-refractivity contribution in [3.8, 4) is 0 Å². The van der Waals surface area contributed by atoms with E-state index in [-0.39, 0.29) is 5.91 Å². The normalized spacial score (nSPS) is 17.6. The van der Waals surface area contributed by atoms with Gasteiger partial charge in [0, 0.05) is 26.7 Å². The van der Waals surface area contributed by atoms with Gasteiger partial charge in [0.15, 0.2) is 0 Å². The Morgan fingerprint density at radius 1 is 1.30 bits per heavy atom. The van der Waals surface area contributed by atoms with Crippen molar-refractivity contribution >= 4 is 17.3 Å². The molecule has 0 saturated carbocycles. The van der Waals surface area contributed by atoms with Crippen LogP contribution in [0.15, 0.2) is 18.2 Å². The number of amides is 1. The van der Waals surface area contributed by atoms with Crippen LogP contribution in [-0.2, 0) is 11.2 Å².